The number of aliphatic imine (C=N–C) groups is 1. The van der Waals surface area contributed by atoms with E-state index in [9.17, 15) is 28.3 Å². The molecule has 6 rings (SSSR count). The van der Waals surface area contributed by atoms with E-state index in [0.717, 1.165) is 49.7 Å². The zero-order chi connectivity index (χ0) is 29.5. The Labute approximate surface area is 239 Å². The van der Waals surface area contributed by atoms with Gasteiger partial charge in [0.25, 0.3) is 17.4 Å². The van der Waals surface area contributed by atoms with Crippen molar-refractivity contribution in [1.82, 2.24) is 14.8 Å². The maximum atomic E-state index is 13.4. The first-order valence-electron chi connectivity index (χ1n) is 13.7. The molecule has 0 radical (unpaired) electrons. The number of aliphatic hydroxyl groups excluding tert-OH is 1. The van der Waals surface area contributed by atoms with Crippen molar-refractivity contribution in [3.05, 3.63) is 86.8 Å². The first-order valence-corrected chi connectivity index (χ1v) is 13.7. The fourth-order valence-corrected chi connectivity index (χ4v) is 5.68. The average Bonchev–Trinajstić information content (AvgIpc) is 3.47. The number of H-pyrrole nitrogens is 1. The molecule has 42 heavy (non-hydrogen) atoms. The number of carbonyl (C=O) groups excluding carboxylic acids is 2. The van der Waals surface area contributed by atoms with E-state index in [1.807, 2.05) is 7.05 Å². The van der Waals surface area contributed by atoms with Gasteiger partial charge in [-0.3, -0.25) is 24.3 Å². The number of ether oxygens (including phenoxy) is 1. The number of halogens is 2. The molecule has 218 valence electrons. The van der Waals surface area contributed by atoms with Gasteiger partial charge >= 0.3 is 0 Å². The number of hydrogen-bond acceptors (Lipinski definition) is 8. The fraction of sp³-hybridized carbons (Fsp3) is 0.333. The van der Waals surface area contributed by atoms with E-state index in [-0.39, 0.29) is 48.7 Å². The number of rotatable bonds is 8. The van der Waals surface area contributed by atoms with Crippen molar-refractivity contribution in [3.63, 3.8) is 0 Å². The number of nitrogens with zero attached hydrogens (tertiary/aromatic N) is 3. The predicted octanol–water partition coefficient (Wildman–Crippen LogP) is 2.87. The lowest BCUT2D eigenvalue weighted by Gasteiger charge is -2.33. The number of fused-ring (bicyclic) bond motifs is 2. The lowest BCUT2D eigenvalue weighted by atomic mass is 10.00. The van der Waals surface area contributed by atoms with E-state index in [1.54, 1.807) is 18.2 Å². The molecule has 1 atom stereocenters. The maximum absolute atomic E-state index is 13.4. The van der Waals surface area contributed by atoms with Crippen molar-refractivity contribution < 1.29 is 28.2 Å². The van der Waals surface area contributed by atoms with Gasteiger partial charge in [-0.05, 0) is 56.7 Å². The molecule has 10 nitrogen and oxygen atoms in total. The first-order chi connectivity index (χ1) is 20.2. The third kappa shape index (κ3) is 5.30. The molecule has 0 saturated carbocycles. The largest absolute Gasteiger partial charge is 0.491 e. The highest BCUT2D eigenvalue weighted by Gasteiger charge is 2.42. The highest BCUT2D eigenvalue weighted by atomic mass is 19.1. The molecule has 1 aromatic heterocycles. The van der Waals surface area contributed by atoms with Crippen LogP contribution in [0, 0.1) is 11.6 Å². The molecule has 1 unspecified atom stereocenters. The molecule has 2 amide bonds. The smallest absolute Gasteiger partial charge is 0.261 e. The van der Waals surface area contributed by atoms with Crippen LogP contribution in [-0.4, -0.2) is 82.9 Å². The summed E-state index contributed by atoms with van der Waals surface area (Å²) in [7, 11) is 2.02. The molecule has 3 aliphatic rings. The van der Waals surface area contributed by atoms with Crippen LogP contribution in [0.2, 0.25) is 0 Å². The number of aromatic amines is 1. The van der Waals surface area contributed by atoms with E-state index in [2.05, 4.69) is 20.2 Å². The number of likely N-dealkylation sites (tertiary alicyclic amines) is 1. The Balaban J connectivity index is 1.17. The zero-order valence-electron chi connectivity index (χ0n) is 22.8. The Morgan fingerprint density at radius 3 is 2.48 bits per heavy atom. The Bertz CT molecular complexity index is 1640. The summed E-state index contributed by atoms with van der Waals surface area (Å²) >= 11 is 0. The zero-order valence-corrected chi connectivity index (χ0v) is 22.8. The normalized spacial score (nSPS) is 17.7. The van der Waals surface area contributed by atoms with Gasteiger partial charge in [-0.25, -0.2) is 8.78 Å². The van der Waals surface area contributed by atoms with E-state index >= 15 is 0 Å². The highest BCUT2D eigenvalue weighted by molar-refractivity contribution is 6.22. The second kappa shape index (κ2) is 11.1. The number of benzene rings is 2. The monoisotopic (exact) mass is 577 g/mol. The van der Waals surface area contributed by atoms with E-state index in [4.69, 9.17) is 4.74 Å². The molecule has 2 aromatic carbocycles. The van der Waals surface area contributed by atoms with Crippen molar-refractivity contribution >= 4 is 28.9 Å². The Morgan fingerprint density at radius 2 is 1.76 bits per heavy atom. The number of anilines is 1. The average molecular weight is 578 g/mol. The highest BCUT2D eigenvalue weighted by Crippen LogP contribution is 2.37. The molecule has 0 spiro atoms. The molecule has 1 saturated heterocycles. The Morgan fingerprint density at radius 1 is 1.07 bits per heavy atom. The quantitative estimate of drug-likeness (QED) is 0.352. The van der Waals surface area contributed by atoms with Crippen LogP contribution in [0.3, 0.4) is 0 Å². The van der Waals surface area contributed by atoms with Crippen LogP contribution >= 0.6 is 0 Å². The van der Waals surface area contributed by atoms with Crippen LogP contribution in [0.1, 0.15) is 44.7 Å². The van der Waals surface area contributed by atoms with E-state index in [0.29, 0.717) is 28.2 Å². The standard InChI is InChI=1S/C30H29F2N5O5/c1-36-6-3-19(4-7-36)37-29(40)22-8-16-9-26(35-25(16)13-23(22)30(37)41)27-24(2-5-33-28(27)39)34-14-20(38)15-42-21-11-17(31)10-18(32)12-21/h2,5,8,10-13,19-20,38H,3-4,6-7,9,14-15H2,1H3,(H2,33,34,39). The van der Waals surface area contributed by atoms with Gasteiger partial charge in [0.15, 0.2) is 0 Å². The van der Waals surface area contributed by atoms with Crippen molar-refractivity contribution in [3.8, 4) is 5.75 Å². The molecule has 0 aliphatic carbocycles. The van der Waals surface area contributed by atoms with Crippen LogP contribution in [-0.2, 0) is 6.42 Å². The molecule has 3 aromatic rings. The summed E-state index contributed by atoms with van der Waals surface area (Å²) < 4.78 is 32.1. The molecule has 4 heterocycles. The van der Waals surface area contributed by atoms with Gasteiger partial charge in [-0.1, -0.05) is 0 Å². The second-order valence-corrected chi connectivity index (χ2v) is 10.8. The topological polar surface area (TPSA) is 127 Å². The number of nitrogens with one attached hydrogen (secondary N) is 2. The van der Waals surface area contributed by atoms with Gasteiger partial charge in [-0.15, -0.1) is 0 Å². The van der Waals surface area contributed by atoms with Crippen LogP contribution in [0.4, 0.5) is 20.2 Å². The van der Waals surface area contributed by atoms with Crippen molar-refractivity contribution in [2.24, 2.45) is 4.99 Å². The number of aliphatic hydroxyl groups is 1. The van der Waals surface area contributed by atoms with Crippen molar-refractivity contribution in [1.29, 1.82) is 0 Å². The lowest BCUT2D eigenvalue weighted by molar-refractivity contribution is 0.0516. The minimum Gasteiger partial charge on any atom is -0.491 e. The number of imide groups is 1. The number of aromatic nitrogens is 1. The Kier molecular flexibility index (Phi) is 7.33. The molecular formula is C30H29F2N5O5. The minimum atomic E-state index is -1.07. The van der Waals surface area contributed by atoms with Crippen molar-refractivity contribution in [2.45, 2.75) is 31.4 Å². The molecule has 12 heteroatoms. The number of carbonyl (C=O) groups is 2. The third-order valence-corrected chi connectivity index (χ3v) is 7.84. The van der Waals surface area contributed by atoms with Crippen LogP contribution in [0.15, 0.2) is 52.4 Å². The number of piperidine rings is 1. The van der Waals surface area contributed by atoms with Gasteiger partial charge < -0.3 is 25.0 Å². The summed E-state index contributed by atoms with van der Waals surface area (Å²) in [5, 5.41) is 13.4. The van der Waals surface area contributed by atoms with Crippen molar-refractivity contribution in [2.75, 3.05) is 38.6 Å². The second-order valence-electron chi connectivity index (χ2n) is 10.8. The summed E-state index contributed by atoms with van der Waals surface area (Å²) in [5.41, 5.74) is 2.67. The van der Waals surface area contributed by atoms with Crippen LogP contribution in [0.25, 0.3) is 0 Å². The molecular weight excluding hydrogens is 548 g/mol. The van der Waals surface area contributed by atoms with Crippen LogP contribution in [0.5, 0.6) is 5.75 Å². The fourth-order valence-electron chi connectivity index (χ4n) is 5.68. The summed E-state index contributed by atoms with van der Waals surface area (Å²) in [6.45, 7) is 1.37. The van der Waals surface area contributed by atoms with Gasteiger partial charge in [0.1, 0.15) is 30.1 Å². The van der Waals surface area contributed by atoms with E-state index in [1.165, 1.54) is 11.1 Å². The molecule has 0 bridgehead atoms. The molecule has 1 fully saturated rings. The first kappa shape index (κ1) is 27.7. The van der Waals surface area contributed by atoms with Gasteiger partial charge in [0.05, 0.1) is 33.8 Å². The molecule has 3 aliphatic heterocycles. The Hall–Kier alpha value is -4.42. The van der Waals surface area contributed by atoms with Gasteiger partial charge in [0, 0.05) is 43.4 Å². The molecule has 3 N–H and O–H groups in total. The number of hydrogen-bond donors (Lipinski definition) is 3. The third-order valence-electron chi connectivity index (χ3n) is 7.84. The summed E-state index contributed by atoms with van der Waals surface area (Å²) in [6, 6.07) is 7.58. The van der Waals surface area contributed by atoms with Crippen LogP contribution < -0.4 is 15.6 Å². The summed E-state index contributed by atoms with van der Waals surface area (Å²) in [4.78, 5) is 50.3. The number of amides is 2. The van der Waals surface area contributed by atoms with Gasteiger partial charge in [0.2, 0.25) is 0 Å². The summed E-state index contributed by atoms with van der Waals surface area (Å²) in [6.07, 6.45) is 2.13. The maximum Gasteiger partial charge on any atom is 0.261 e. The minimum absolute atomic E-state index is 0.0292. The predicted molar refractivity (Wildman–Crippen MR) is 151 cm³/mol. The van der Waals surface area contributed by atoms with E-state index < -0.39 is 23.3 Å². The number of pyridine rings is 1. The lowest BCUT2D eigenvalue weighted by Crippen LogP contribution is -2.46. The van der Waals surface area contributed by atoms with Gasteiger partial charge in [-0.2, -0.15) is 0 Å². The summed E-state index contributed by atoms with van der Waals surface area (Å²) in [5.74, 6) is -2.25. The SMILES string of the molecule is CN1CCC(N2C(=O)c3cc4c(cc3C2=O)N=C(c2c(NCC(O)COc3cc(F)cc(F)c3)cc[nH]c2=O)C4)CC1.